The predicted molar refractivity (Wildman–Crippen MR) is 59.5 cm³/mol. The second-order valence-corrected chi connectivity index (χ2v) is 4.80. The van der Waals surface area contributed by atoms with E-state index in [1.807, 2.05) is 0 Å². The molecule has 5 heteroatoms. The molecule has 1 aliphatic heterocycles. The van der Waals surface area contributed by atoms with Crippen LogP contribution in [0.2, 0.25) is 0 Å². The van der Waals surface area contributed by atoms with Gasteiger partial charge >= 0.3 is 0 Å². The van der Waals surface area contributed by atoms with E-state index < -0.39 is 0 Å². The summed E-state index contributed by atoms with van der Waals surface area (Å²) in [5, 5.41) is 3.16. The van der Waals surface area contributed by atoms with Gasteiger partial charge in [-0.15, -0.1) is 0 Å². The second kappa shape index (κ2) is 4.82. The lowest BCUT2D eigenvalue weighted by atomic mass is 10.1. The zero-order valence-corrected chi connectivity index (χ0v) is 9.45. The first-order valence-corrected chi connectivity index (χ1v) is 5.94. The highest BCUT2D eigenvalue weighted by Gasteiger charge is 2.29. The van der Waals surface area contributed by atoms with Gasteiger partial charge in [-0.2, -0.15) is 0 Å². The quantitative estimate of drug-likeness (QED) is 0.651. The smallest absolute Gasteiger partial charge is 0.236 e. The largest absolute Gasteiger partial charge is 0.369 e. The number of hydrogen-bond acceptors (Lipinski definition) is 3. The molecular weight excluding hydrogens is 206 g/mol. The van der Waals surface area contributed by atoms with E-state index >= 15 is 0 Å². The number of amides is 2. The molecule has 3 N–H and O–H groups in total. The topological polar surface area (TPSA) is 75.4 Å². The average molecular weight is 225 g/mol. The summed E-state index contributed by atoms with van der Waals surface area (Å²) in [6.45, 7) is 2.50. The van der Waals surface area contributed by atoms with E-state index in [9.17, 15) is 9.59 Å². The molecule has 1 atom stereocenters. The van der Waals surface area contributed by atoms with Gasteiger partial charge in [0.15, 0.2) is 0 Å². The fourth-order valence-electron chi connectivity index (χ4n) is 2.04. The number of nitrogens with two attached hydrogens (primary N) is 1. The predicted octanol–water partition coefficient (Wildman–Crippen LogP) is -0.680. The standard InChI is InChI=1S/C11H19N3O2/c12-11(16)9-3-4-14(7-9)10(15)6-13-5-8-1-2-8/h8-9,13H,1-7H2,(H2,12,16). The third kappa shape index (κ3) is 2.95. The molecule has 2 rings (SSSR count). The first kappa shape index (κ1) is 11.4. The fourth-order valence-corrected chi connectivity index (χ4v) is 2.04. The number of carbonyl (C=O) groups is 2. The third-order valence-electron chi connectivity index (χ3n) is 3.35. The fraction of sp³-hybridized carbons (Fsp3) is 0.818. The first-order valence-electron chi connectivity index (χ1n) is 5.94. The van der Waals surface area contributed by atoms with Gasteiger partial charge in [-0.1, -0.05) is 0 Å². The maximum absolute atomic E-state index is 11.7. The lowest BCUT2D eigenvalue weighted by Crippen LogP contribution is -2.38. The molecule has 1 saturated heterocycles. The van der Waals surface area contributed by atoms with Crippen LogP contribution in [0.5, 0.6) is 0 Å². The summed E-state index contributed by atoms with van der Waals surface area (Å²) in [7, 11) is 0. The maximum Gasteiger partial charge on any atom is 0.236 e. The van der Waals surface area contributed by atoms with Crippen molar-refractivity contribution in [3.8, 4) is 0 Å². The Hall–Kier alpha value is -1.10. The second-order valence-electron chi connectivity index (χ2n) is 4.80. The van der Waals surface area contributed by atoms with Gasteiger partial charge in [-0.25, -0.2) is 0 Å². The first-order chi connectivity index (χ1) is 7.66. The van der Waals surface area contributed by atoms with Crippen molar-refractivity contribution in [2.45, 2.75) is 19.3 Å². The molecular formula is C11H19N3O2. The monoisotopic (exact) mass is 225 g/mol. The van der Waals surface area contributed by atoms with Crippen LogP contribution in [0, 0.1) is 11.8 Å². The van der Waals surface area contributed by atoms with Crippen molar-refractivity contribution in [2.75, 3.05) is 26.2 Å². The molecule has 0 bridgehead atoms. The van der Waals surface area contributed by atoms with Gasteiger partial charge in [0.2, 0.25) is 11.8 Å². The van der Waals surface area contributed by atoms with Gasteiger partial charge in [0.05, 0.1) is 12.5 Å². The maximum atomic E-state index is 11.7. The van der Waals surface area contributed by atoms with Crippen LogP contribution in [-0.4, -0.2) is 42.9 Å². The highest BCUT2D eigenvalue weighted by Crippen LogP contribution is 2.27. The number of rotatable bonds is 5. The molecule has 1 saturated carbocycles. The number of carbonyl (C=O) groups excluding carboxylic acids is 2. The van der Waals surface area contributed by atoms with E-state index in [1.54, 1.807) is 4.90 Å². The number of primary amides is 1. The molecule has 2 fully saturated rings. The van der Waals surface area contributed by atoms with Gasteiger partial charge in [-0.05, 0) is 31.7 Å². The Labute approximate surface area is 95.3 Å². The molecule has 1 aliphatic carbocycles. The van der Waals surface area contributed by atoms with Crippen molar-refractivity contribution in [1.82, 2.24) is 10.2 Å². The van der Waals surface area contributed by atoms with Gasteiger partial charge in [-0.3, -0.25) is 9.59 Å². The van der Waals surface area contributed by atoms with E-state index in [-0.39, 0.29) is 17.7 Å². The molecule has 1 heterocycles. The summed E-state index contributed by atoms with van der Waals surface area (Å²) < 4.78 is 0. The Morgan fingerprint density at radius 1 is 1.31 bits per heavy atom. The van der Waals surface area contributed by atoms with E-state index in [4.69, 9.17) is 5.73 Å². The SMILES string of the molecule is NC(=O)C1CCN(C(=O)CNCC2CC2)C1. The summed E-state index contributed by atoms with van der Waals surface area (Å²) in [6.07, 6.45) is 3.28. The van der Waals surface area contributed by atoms with Crippen LogP contribution in [0.4, 0.5) is 0 Å². The number of nitrogens with one attached hydrogen (secondary N) is 1. The van der Waals surface area contributed by atoms with Crippen LogP contribution in [0.15, 0.2) is 0 Å². The van der Waals surface area contributed by atoms with E-state index in [2.05, 4.69) is 5.32 Å². The highest BCUT2D eigenvalue weighted by molar-refractivity contribution is 5.82. The lowest BCUT2D eigenvalue weighted by molar-refractivity contribution is -0.129. The molecule has 0 aromatic carbocycles. The van der Waals surface area contributed by atoms with Crippen molar-refractivity contribution in [2.24, 2.45) is 17.6 Å². The Morgan fingerprint density at radius 2 is 2.06 bits per heavy atom. The van der Waals surface area contributed by atoms with E-state index in [1.165, 1.54) is 12.8 Å². The minimum atomic E-state index is -0.291. The molecule has 5 nitrogen and oxygen atoms in total. The Balaban J connectivity index is 1.66. The summed E-state index contributed by atoms with van der Waals surface area (Å²) >= 11 is 0. The lowest BCUT2D eigenvalue weighted by Gasteiger charge is -2.16. The van der Waals surface area contributed by atoms with Gasteiger partial charge < -0.3 is 16.0 Å². The summed E-state index contributed by atoms with van der Waals surface area (Å²) in [5.74, 6) is 0.433. The Morgan fingerprint density at radius 3 is 2.62 bits per heavy atom. The van der Waals surface area contributed by atoms with E-state index in [0.29, 0.717) is 26.1 Å². The molecule has 90 valence electrons. The van der Waals surface area contributed by atoms with Crippen LogP contribution in [0.25, 0.3) is 0 Å². The Bertz CT molecular complexity index is 289. The van der Waals surface area contributed by atoms with Crippen molar-refractivity contribution in [3.05, 3.63) is 0 Å². The highest BCUT2D eigenvalue weighted by atomic mass is 16.2. The van der Waals surface area contributed by atoms with Crippen molar-refractivity contribution in [3.63, 3.8) is 0 Å². The molecule has 16 heavy (non-hydrogen) atoms. The molecule has 2 amide bonds. The third-order valence-corrected chi connectivity index (χ3v) is 3.35. The molecule has 0 spiro atoms. The van der Waals surface area contributed by atoms with Crippen LogP contribution < -0.4 is 11.1 Å². The normalized spacial score (nSPS) is 24.8. The van der Waals surface area contributed by atoms with Crippen molar-refractivity contribution >= 4 is 11.8 Å². The minimum Gasteiger partial charge on any atom is -0.369 e. The summed E-state index contributed by atoms with van der Waals surface area (Å²) in [5.41, 5.74) is 5.22. The molecule has 2 aliphatic rings. The van der Waals surface area contributed by atoms with Gasteiger partial charge in [0.25, 0.3) is 0 Å². The van der Waals surface area contributed by atoms with Crippen LogP contribution in [-0.2, 0) is 9.59 Å². The number of likely N-dealkylation sites (tertiary alicyclic amines) is 1. The van der Waals surface area contributed by atoms with E-state index in [0.717, 1.165) is 12.5 Å². The zero-order chi connectivity index (χ0) is 11.5. The number of hydrogen-bond donors (Lipinski definition) is 2. The average Bonchev–Trinajstić information content (AvgIpc) is 2.93. The molecule has 0 aromatic heterocycles. The van der Waals surface area contributed by atoms with Gasteiger partial charge in [0.1, 0.15) is 0 Å². The Kier molecular flexibility index (Phi) is 3.43. The van der Waals surface area contributed by atoms with Crippen LogP contribution >= 0.6 is 0 Å². The molecule has 0 radical (unpaired) electrons. The van der Waals surface area contributed by atoms with Crippen LogP contribution in [0.1, 0.15) is 19.3 Å². The van der Waals surface area contributed by atoms with Crippen LogP contribution in [0.3, 0.4) is 0 Å². The van der Waals surface area contributed by atoms with Crippen molar-refractivity contribution < 1.29 is 9.59 Å². The minimum absolute atomic E-state index is 0.0874. The molecule has 1 unspecified atom stereocenters. The van der Waals surface area contributed by atoms with Gasteiger partial charge in [0, 0.05) is 13.1 Å². The summed E-state index contributed by atoms with van der Waals surface area (Å²) in [4.78, 5) is 24.4. The number of nitrogens with zero attached hydrogens (tertiary/aromatic N) is 1. The van der Waals surface area contributed by atoms with Crippen molar-refractivity contribution in [1.29, 1.82) is 0 Å². The zero-order valence-electron chi connectivity index (χ0n) is 9.45. The molecule has 0 aromatic rings. The summed E-state index contributed by atoms with van der Waals surface area (Å²) in [6, 6.07) is 0.